The van der Waals surface area contributed by atoms with Crippen molar-refractivity contribution in [2.24, 2.45) is 17.4 Å². The highest BCUT2D eigenvalue weighted by Crippen LogP contribution is 2.30. The Morgan fingerprint density at radius 3 is 2.50 bits per heavy atom. The fraction of sp³-hybridized carbons (Fsp3) is 0.462. The van der Waals surface area contributed by atoms with E-state index in [0.717, 1.165) is 5.56 Å². The van der Waals surface area contributed by atoms with Crippen LogP contribution >= 0.6 is 0 Å². The minimum atomic E-state index is -0.388. The number of amides is 1. The third-order valence-corrected chi connectivity index (χ3v) is 2.69. The number of ether oxygens (including phenoxy) is 2. The zero-order chi connectivity index (χ0) is 13.7. The molecule has 4 N–H and O–H groups in total. The number of hydrogen-bond acceptors (Lipinski definition) is 4. The number of carbonyl (C=O) groups excluding carboxylic acids is 1. The van der Waals surface area contributed by atoms with Crippen LogP contribution in [0.25, 0.3) is 0 Å². The molecule has 1 rings (SSSR count). The summed E-state index contributed by atoms with van der Waals surface area (Å²) in [7, 11) is 1.56. The Balaban J connectivity index is 2.80. The predicted molar refractivity (Wildman–Crippen MR) is 69.4 cm³/mol. The van der Waals surface area contributed by atoms with Crippen LogP contribution in [0.3, 0.4) is 0 Å². The quantitative estimate of drug-likeness (QED) is 0.796. The molecule has 0 bridgehead atoms. The molecule has 0 saturated heterocycles. The second-order valence-corrected chi connectivity index (χ2v) is 4.31. The van der Waals surface area contributed by atoms with Gasteiger partial charge in [-0.15, -0.1) is 0 Å². The van der Waals surface area contributed by atoms with E-state index in [1.807, 2.05) is 19.1 Å². The van der Waals surface area contributed by atoms with Gasteiger partial charge in [-0.3, -0.25) is 4.79 Å². The van der Waals surface area contributed by atoms with E-state index in [-0.39, 0.29) is 24.5 Å². The zero-order valence-corrected chi connectivity index (χ0v) is 11.0. The first-order valence-corrected chi connectivity index (χ1v) is 5.81. The molecule has 0 aliphatic heterocycles. The van der Waals surface area contributed by atoms with Gasteiger partial charge in [0.05, 0.1) is 19.6 Å². The first-order chi connectivity index (χ1) is 8.45. The monoisotopic (exact) mass is 252 g/mol. The molecule has 5 heteroatoms. The molecule has 0 spiro atoms. The van der Waals surface area contributed by atoms with E-state index in [1.54, 1.807) is 20.1 Å². The van der Waals surface area contributed by atoms with Gasteiger partial charge in [0.15, 0.2) is 11.5 Å². The van der Waals surface area contributed by atoms with Gasteiger partial charge in [-0.1, -0.05) is 13.0 Å². The molecule has 5 nitrogen and oxygen atoms in total. The van der Waals surface area contributed by atoms with Gasteiger partial charge in [-0.25, -0.2) is 0 Å². The average molecular weight is 252 g/mol. The predicted octanol–water partition coefficient (Wildman–Crippen LogP) is 1.22. The van der Waals surface area contributed by atoms with Gasteiger partial charge in [0.2, 0.25) is 5.91 Å². The lowest BCUT2D eigenvalue weighted by Gasteiger charge is -2.15. The van der Waals surface area contributed by atoms with Crippen LogP contribution in [0.5, 0.6) is 11.5 Å². The van der Waals surface area contributed by atoms with E-state index in [9.17, 15) is 4.79 Å². The number of carbonyl (C=O) groups is 1. The lowest BCUT2D eigenvalue weighted by Crippen LogP contribution is -2.25. The van der Waals surface area contributed by atoms with E-state index < -0.39 is 0 Å². The molecule has 1 aromatic rings. The topological polar surface area (TPSA) is 87.6 Å². The Bertz CT molecular complexity index is 419. The van der Waals surface area contributed by atoms with Gasteiger partial charge in [0.25, 0.3) is 0 Å². The lowest BCUT2D eigenvalue weighted by molar-refractivity contribution is -0.122. The Kier molecular flexibility index (Phi) is 4.97. The highest BCUT2D eigenvalue weighted by molar-refractivity contribution is 5.76. The molecule has 0 aliphatic carbocycles. The molecule has 100 valence electrons. The summed E-state index contributed by atoms with van der Waals surface area (Å²) < 4.78 is 10.8. The van der Waals surface area contributed by atoms with E-state index >= 15 is 0 Å². The summed E-state index contributed by atoms with van der Waals surface area (Å²) in [6.07, 6.45) is 0. The molecular formula is C13H20N2O3. The van der Waals surface area contributed by atoms with Crippen LogP contribution in [-0.2, 0) is 4.79 Å². The van der Waals surface area contributed by atoms with Gasteiger partial charge in [-0.05, 0) is 24.6 Å². The van der Waals surface area contributed by atoms with E-state index in [2.05, 4.69) is 0 Å². The summed E-state index contributed by atoms with van der Waals surface area (Å²) >= 11 is 0. The Morgan fingerprint density at radius 1 is 1.33 bits per heavy atom. The first-order valence-electron chi connectivity index (χ1n) is 5.81. The molecule has 0 fully saturated rings. The number of benzene rings is 1. The smallest absolute Gasteiger partial charge is 0.223 e. The molecule has 2 atom stereocenters. The Hall–Kier alpha value is -1.75. The van der Waals surface area contributed by atoms with Crippen LogP contribution in [0.15, 0.2) is 18.2 Å². The maximum atomic E-state index is 10.9. The maximum absolute atomic E-state index is 10.9. The first kappa shape index (κ1) is 14.3. The third kappa shape index (κ3) is 3.63. The number of primary amides is 1. The van der Waals surface area contributed by atoms with Gasteiger partial charge in [-0.2, -0.15) is 0 Å². The molecule has 0 heterocycles. The number of nitrogens with two attached hydrogens (primary N) is 2. The molecular weight excluding hydrogens is 232 g/mol. The molecule has 0 aliphatic rings. The van der Waals surface area contributed by atoms with Crippen LogP contribution in [0, 0.1) is 5.92 Å². The molecule has 1 unspecified atom stereocenters. The van der Waals surface area contributed by atoms with Crippen molar-refractivity contribution < 1.29 is 14.3 Å². The molecule has 0 radical (unpaired) electrons. The Morgan fingerprint density at radius 2 is 2.00 bits per heavy atom. The standard InChI is InChI=1S/C13H20N2O3/c1-8(13(15)16)7-18-11-5-4-10(9(2)14)6-12(11)17-3/h4-6,8-9H,7,14H2,1-3H3,(H2,15,16)/t8?,9-/m0/s1. The van der Waals surface area contributed by atoms with Gasteiger partial charge in [0.1, 0.15) is 0 Å². The van der Waals surface area contributed by atoms with Crippen molar-refractivity contribution in [3.05, 3.63) is 23.8 Å². The molecule has 1 amide bonds. The lowest BCUT2D eigenvalue weighted by atomic mass is 10.1. The van der Waals surface area contributed by atoms with Crippen molar-refractivity contribution in [2.45, 2.75) is 19.9 Å². The second kappa shape index (κ2) is 6.26. The van der Waals surface area contributed by atoms with Crippen molar-refractivity contribution in [1.29, 1.82) is 0 Å². The molecule has 1 aromatic carbocycles. The minimum absolute atomic E-state index is 0.0718. The normalized spacial score (nSPS) is 13.8. The summed E-state index contributed by atoms with van der Waals surface area (Å²) in [5, 5.41) is 0. The van der Waals surface area contributed by atoms with Crippen molar-refractivity contribution >= 4 is 5.91 Å². The van der Waals surface area contributed by atoms with Crippen LogP contribution < -0.4 is 20.9 Å². The number of rotatable bonds is 6. The van der Waals surface area contributed by atoms with Crippen LogP contribution in [-0.4, -0.2) is 19.6 Å². The van der Waals surface area contributed by atoms with Crippen LogP contribution in [0.2, 0.25) is 0 Å². The zero-order valence-electron chi connectivity index (χ0n) is 11.0. The van der Waals surface area contributed by atoms with E-state index in [1.165, 1.54) is 0 Å². The Labute approximate surface area is 107 Å². The van der Waals surface area contributed by atoms with Crippen LogP contribution in [0.1, 0.15) is 25.5 Å². The highest BCUT2D eigenvalue weighted by atomic mass is 16.5. The fourth-order valence-corrected chi connectivity index (χ4v) is 1.38. The van der Waals surface area contributed by atoms with Crippen molar-refractivity contribution in [3.8, 4) is 11.5 Å². The summed E-state index contributed by atoms with van der Waals surface area (Å²) in [6, 6.07) is 5.41. The molecule has 0 saturated carbocycles. The summed E-state index contributed by atoms with van der Waals surface area (Å²) in [4.78, 5) is 10.9. The maximum Gasteiger partial charge on any atom is 0.223 e. The van der Waals surface area contributed by atoms with Crippen molar-refractivity contribution in [3.63, 3.8) is 0 Å². The van der Waals surface area contributed by atoms with Gasteiger partial charge >= 0.3 is 0 Å². The van der Waals surface area contributed by atoms with Gasteiger partial charge in [0, 0.05) is 6.04 Å². The molecule has 18 heavy (non-hydrogen) atoms. The number of hydrogen-bond donors (Lipinski definition) is 2. The summed E-state index contributed by atoms with van der Waals surface area (Å²) in [5.74, 6) is 0.445. The van der Waals surface area contributed by atoms with Gasteiger partial charge < -0.3 is 20.9 Å². The largest absolute Gasteiger partial charge is 0.493 e. The fourth-order valence-electron chi connectivity index (χ4n) is 1.38. The van der Waals surface area contributed by atoms with E-state index in [0.29, 0.717) is 11.5 Å². The minimum Gasteiger partial charge on any atom is -0.493 e. The molecule has 0 aromatic heterocycles. The van der Waals surface area contributed by atoms with Crippen molar-refractivity contribution in [1.82, 2.24) is 0 Å². The third-order valence-electron chi connectivity index (χ3n) is 2.69. The average Bonchev–Trinajstić information content (AvgIpc) is 2.35. The number of methoxy groups -OCH3 is 1. The van der Waals surface area contributed by atoms with E-state index in [4.69, 9.17) is 20.9 Å². The van der Waals surface area contributed by atoms with Crippen LogP contribution in [0.4, 0.5) is 0 Å². The van der Waals surface area contributed by atoms with Crippen molar-refractivity contribution in [2.75, 3.05) is 13.7 Å². The highest BCUT2D eigenvalue weighted by Gasteiger charge is 2.12. The SMILES string of the molecule is COc1cc([C@H](C)N)ccc1OCC(C)C(N)=O. The summed E-state index contributed by atoms with van der Waals surface area (Å²) in [6.45, 7) is 3.83. The second-order valence-electron chi connectivity index (χ2n) is 4.31. The summed E-state index contributed by atoms with van der Waals surface area (Å²) in [5.41, 5.74) is 11.9.